The van der Waals surface area contributed by atoms with Crippen LogP contribution in [0.5, 0.6) is 0 Å². The third kappa shape index (κ3) is 2.90. The normalized spacial score (nSPS) is 26.2. The number of fused-ring (bicyclic) bond motifs is 1. The van der Waals surface area contributed by atoms with Gasteiger partial charge in [0, 0.05) is 5.56 Å². The number of hydrazine groups is 1. The van der Waals surface area contributed by atoms with Gasteiger partial charge >= 0.3 is 0 Å². The van der Waals surface area contributed by atoms with Gasteiger partial charge in [-0.15, -0.1) is 0 Å². The van der Waals surface area contributed by atoms with Crippen LogP contribution in [0, 0.1) is 5.82 Å². The fourth-order valence-corrected chi connectivity index (χ4v) is 4.35. The first kappa shape index (κ1) is 17.7. The van der Waals surface area contributed by atoms with E-state index in [0.29, 0.717) is 23.1 Å². The van der Waals surface area contributed by atoms with Crippen molar-refractivity contribution in [2.75, 3.05) is 31.3 Å². The number of hydrogen-bond acceptors (Lipinski definition) is 7. The Bertz CT molecular complexity index is 860. The number of likely N-dealkylation sites (tertiary alicyclic amines) is 1. The maximum Gasteiger partial charge on any atom is 0.159 e. The van der Waals surface area contributed by atoms with Gasteiger partial charge < -0.3 is 10.5 Å². The highest BCUT2D eigenvalue weighted by Gasteiger charge is 2.37. The predicted octanol–water partition coefficient (Wildman–Crippen LogP) is 1.86. The summed E-state index contributed by atoms with van der Waals surface area (Å²) in [4.78, 5) is 10.5. The minimum Gasteiger partial charge on any atom is -0.378 e. The molecule has 1 unspecified atom stereocenters. The zero-order valence-corrected chi connectivity index (χ0v) is 15.3. The van der Waals surface area contributed by atoms with Crippen LogP contribution < -0.4 is 10.7 Å². The van der Waals surface area contributed by atoms with Crippen molar-refractivity contribution in [1.82, 2.24) is 14.9 Å². The largest absolute Gasteiger partial charge is 0.378 e. The van der Waals surface area contributed by atoms with Crippen LogP contribution in [0.1, 0.15) is 24.3 Å². The lowest BCUT2D eigenvalue weighted by Gasteiger charge is -2.42. The van der Waals surface area contributed by atoms with Crippen molar-refractivity contribution >= 4 is 11.9 Å². The van der Waals surface area contributed by atoms with Crippen molar-refractivity contribution in [2.45, 2.75) is 31.0 Å². The number of aromatic nitrogens is 1. The zero-order chi connectivity index (χ0) is 19.3. The van der Waals surface area contributed by atoms with E-state index in [2.05, 4.69) is 14.9 Å². The maximum absolute atomic E-state index is 14.9. The van der Waals surface area contributed by atoms with E-state index in [0.717, 1.165) is 45.4 Å². The second-order valence-corrected chi connectivity index (χ2v) is 7.53. The van der Waals surface area contributed by atoms with Crippen LogP contribution in [0.4, 0.5) is 14.5 Å². The molecule has 4 aliphatic rings. The van der Waals surface area contributed by atoms with Crippen molar-refractivity contribution in [3.05, 3.63) is 47.7 Å². The van der Waals surface area contributed by atoms with Crippen LogP contribution in [0.15, 0.2) is 41.3 Å². The molecule has 0 saturated carbocycles. The number of rotatable bonds is 3. The number of nitrogens with zero attached hydrogens (tertiary/aromatic N) is 5. The molecule has 4 aliphatic heterocycles. The summed E-state index contributed by atoms with van der Waals surface area (Å²) in [5.41, 5.74) is 7.41. The van der Waals surface area contributed by atoms with Crippen molar-refractivity contribution < 1.29 is 13.5 Å². The summed E-state index contributed by atoms with van der Waals surface area (Å²) in [5, 5.41) is 3.18. The topological polar surface area (TPSA) is 70.2 Å². The molecule has 0 radical (unpaired) electrons. The van der Waals surface area contributed by atoms with Crippen LogP contribution >= 0.6 is 0 Å². The van der Waals surface area contributed by atoms with Crippen LogP contribution in [-0.4, -0.2) is 59.6 Å². The number of halogens is 2. The monoisotopic (exact) mass is 388 g/mol. The van der Waals surface area contributed by atoms with E-state index in [9.17, 15) is 8.78 Å². The second-order valence-electron chi connectivity index (χ2n) is 7.53. The first-order chi connectivity index (χ1) is 13.6. The van der Waals surface area contributed by atoms with E-state index in [1.807, 2.05) is 0 Å². The number of hydrogen-bond donors (Lipinski definition) is 1. The Morgan fingerprint density at radius 2 is 1.93 bits per heavy atom. The average molecular weight is 388 g/mol. The Morgan fingerprint density at radius 1 is 1.14 bits per heavy atom. The molecule has 148 valence electrons. The number of ether oxygens (including phenoxy) is 1. The summed E-state index contributed by atoms with van der Waals surface area (Å²) < 4.78 is 34.0. The Hall–Kier alpha value is -2.36. The molecule has 2 saturated heterocycles. The molecule has 0 spiro atoms. The zero-order valence-electron chi connectivity index (χ0n) is 15.3. The predicted molar refractivity (Wildman–Crippen MR) is 100 cm³/mol. The van der Waals surface area contributed by atoms with Gasteiger partial charge in [-0.1, -0.05) is 0 Å². The van der Waals surface area contributed by atoms with Gasteiger partial charge in [-0.3, -0.25) is 14.9 Å². The summed E-state index contributed by atoms with van der Waals surface area (Å²) in [5.74, 6) is -0.274. The summed E-state index contributed by atoms with van der Waals surface area (Å²) in [6, 6.07) is 0.487. The molecule has 0 amide bonds. The van der Waals surface area contributed by atoms with E-state index >= 15 is 0 Å². The molecule has 0 aliphatic carbocycles. The third-order valence-corrected chi connectivity index (χ3v) is 5.87. The number of anilines is 1. The van der Waals surface area contributed by atoms with Gasteiger partial charge in [-0.25, -0.2) is 18.8 Å². The summed E-state index contributed by atoms with van der Waals surface area (Å²) >= 11 is 0. The van der Waals surface area contributed by atoms with Gasteiger partial charge in [0.05, 0.1) is 49.8 Å². The molecule has 5 heterocycles. The molecule has 1 atom stereocenters. The molecule has 1 aromatic heterocycles. The van der Waals surface area contributed by atoms with Crippen molar-refractivity contribution in [1.29, 1.82) is 0 Å². The Labute approximate surface area is 161 Å². The molecule has 2 fully saturated rings. The lowest BCUT2D eigenvalue weighted by atomic mass is 9.87. The van der Waals surface area contributed by atoms with E-state index in [-0.39, 0.29) is 11.7 Å². The van der Waals surface area contributed by atoms with Gasteiger partial charge in [-0.2, -0.15) is 0 Å². The molecule has 9 heteroatoms. The van der Waals surface area contributed by atoms with E-state index in [1.165, 1.54) is 17.4 Å². The summed E-state index contributed by atoms with van der Waals surface area (Å²) in [6.45, 7) is 3.37. The van der Waals surface area contributed by atoms with Gasteiger partial charge in [0.25, 0.3) is 0 Å². The minimum absolute atomic E-state index is 0.0496. The van der Waals surface area contributed by atoms with E-state index < -0.39 is 12.0 Å². The average Bonchev–Trinajstić information content (AvgIpc) is 2.96. The van der Waals surface area contributed by atoms with Crippen molar-refractivity contribution in [3.8, 4) is 0 Å². The second kappa shape index (κ2) is 6.91. The number of piperidine rings is 1. The molecule has 0 bridgehead atoms. The quantitative estimate of drug-likeness (QED) is 0.852. The molecule has 0 aromatic carbocycles. The Balaban J connectivity index is 1.44. The number of nitrogens with two attached hydrogens (primary N) is 1. The van der Waals surface area contributed by atoms with E-state index in [4.69, 9.17) is 10.5 Å². The summed E-state index contributed by atoms with van der Waals surface area (Å²) in [6.07, 6.45) is 8.11. The van der Waals surface area contributed by atoms with Crippen LogP contribution in [0.3, 0.4) is 0 Å². The van der Waals surface area contributed by atoms with Gasteiger partial charge in [0.1, 0.15) is 12.0 Å². The standard InChI is InChI=1S/C19H22F2N6O/c20-13-6-24-18-5-17(22)27(26(18)9-13)16-8-23-7-15(21)19(16)12-1-3-25(4-2-12)14-10-28-11-14/h5-9,12,14,17H,1-4,10-11,22H2. The molecular formula is C19H22F2N6O. The van der Waals surface area contributed by atoms with Crippen molar-refractivity contribution in [3.63, 3.8) is 0 Å². The number of pyridine rings is 1. The fraction of sp³-hybridized carbons (Fsp3) is 0.474. The van der Waals surface area contributed by atoms with Crippen LogP contribution in [0.25, 0.3) is 0 Å². The molecular weight excluding hydrogens is 366 g/mol. The molecule has 1 aromatic rings. The lowest BCUT2D eigenvalue weighted by Crippen LogP contribution is -2.51. The van der Waals surface area contributed by atoms with Gasteiger partial charge in [0.15, 0.2) is 11.6 Å². The Kier molecular flexibility index (Phi) is 4.37. The first-order valence-electron chi connectivity index (χ1n) is 9.54. The highest BCUT2D eigenvalue weighted by atomic mass is 19.1. The molecule has 28 heavy (non-hydrogen) atoms. The van der Waals surface area contributed by atoms with Crippen molar-refractivity contribution in [2.24, 2.45) is 10.7 Å². The van der Waals surface area contributed by atoms with Gasteiger partial charge in [0.2, 0.25) is 0 Å². The number of aliphatic imine (C=N–C) groups is 1. The highest BCUT2D eigenvalue weighted by Crippen LogP contribution is 2.40. The minimum atomic E-state index is -0.580. The lowest BCUT2D eigenvalue weighted by molar-refractivity contribution is -0.0713. The Morgan fingerprint density at radius 3 is 2.64 bits per heavy atom. The smallest absolute Gasteiger partial charge is 0.159 e. The number of allylic oxidation sites excluding steroid dienone is 1. The first-order valence-corrected chi connectivity index (χ1v) is 9.54. The molecule has 5 rings (SSSR count). The maximum atomic E-state index is 14.9. The highest BCUT2D eigenvalue weighted by molar-refractivity contribution is 5.78. The van der Waals surface area contributed by atoms with Crippen LogP contribution in [-0.2, 0) is 4.74 Å². The summed E-state index contributed by atoms with van der Waals surface area (Å²) in [7, 11) is 0. The molecule has 2 N–H and O–H groups in total. The molecule has 7 nitrogen and oxygen atoms in total. The van der Waals surface area contributed by atoms with Gasteiger partial charge in [-0.05, 0) is 37.9 Å². The third-order valence-electron chi connectivity index (χ3n) is 5.87. The fourth-order valence-electron chi connectivity index (χ4n) is 4.35. The van der Waals surface area contributed by atoms with Crippen LogP contribution in [0.2, 0.25) is 0 Å². The van der Waals surface area contributed by atoms with E-state index in [1.54, 1.807) is 17.3 Å². The SMILES string of the molecule is NC1C=C2N=CC(F)=CN2N1c1cncc(F)c1C1CCN(C2COC2)CC1.